The second-order valence-corrected chi connectivity index (χ2v) is 4.56. The minimum Gasteiger partial charge on any atom is -0.248 e. The zero-order valence-corrected chi connectivity index (χ0v) is 11.2. The molecule has 0 aliphatic heterocycles. The minimum atomic E-state index is 0.465. The smallest absolute Gasteiger partial charge is 0.185 e. The number of benzene rings is 1. The van der Waals surface area contributed by atoms with Crippen LogP contribution < -0.4 is 0 Å². The lowest BCUT2D eigenvalue weighted by Crippen LogP contribution is -2.07. The molecule has 4 nitrogen and oxygen atoms in total. The maximum atomic E-state index is 9.09. The van der Waals surface area contributed by atoms with E-state index in [1.807, 2.05) is 22.9 Å². The van der Waals surface area contributed by atoms with Crippen molar-refractivity contribution < 1.29 is 0 Å². The van der Waals surface area contributed by atoms with Gasteiger partial charge in [0.25, 0.3) is 0 Å². The summed E-state index contributed by atoms with van der Waals surface area (Å²) in [5.74, 6) is 0. The van der Waals surface area contributed by atoms with E-state index in [2.05, 4.69) is 35.4 Å². The molecule has 1 aromatic carbocycles. The maximum absolute atomic E-state index is 9.09. The van der Waals surface area contributed by atoms with E-state index < -0.39 is 0 Å². The summed E-state index contributed by atoms with van der Waals surface area (Å²) in [5.41, 5.74) is 2.70. The van der Waals surface area contributed by atoms with Crippen LogP contribution in [0.3, 0.4) is 0 Å². The Morgan fingerprint density at radius 1 is 1.21 bits per heavy atom. The first-order valence-corrected chi connectivity index (χ1v) is 6.71. The lowest BCUT2D eigenvalue weighted by molar-refractivity contribution is 0.532. The van der Waals surface area contributed by atoms with Crippen molar-refractivity contribution in [3.8, 4) is 6.07 Å². The van der Waals surface area contributed by atoms with Crippen molar-refractivity contribution in [1.82, 2.24) is 15.0 Å². The predicted molar refractivity (Wildman–Crippen MR) is 73.5 cm³/mol. The van der Waals surface area contributed by atoms with Gasteiger partial charge in [-0.2, -0.15) is 5.26 Å². The van der Waals surface area contributed by atoms with Crippen molar-refractivity contribution in [3.63, 3.8) is 0 Å². The van der Waals surface area contributed by atoms with Gasteiger partial charge in [0.05, 0.1) is 5.69 Å². The van der Waals surface area contributed by atoms with Gasteiger partial charge in [-0.05, 0) is 24.8 Å². The van der Waals surface area contributed by atoms with Gasteiger partial charge in [-0.1, -0.05) is 48.9 Å². The average molecular weight is 254 g/mol. The fourth-order valence-corrected chi connectivity index (χ4v) is 2.06. The van der Waals surface area contributed by atoms with Gasteiger partial charge in [0.2, 0.25) is 0 Å². The third-order valence-corrected chi connectivity index (χ3v) is 3.16. The molecule has 2 aromatic rings. The molecule has 0 bridgehead atoms. The summed E-state index contributed by atoms with van der Waals surface area (Å²) in [4.78, 5) is 0. The first kappa shape index (κ1) is 13.3. The summed E-state index contributed by atoms with van der Waals surface area (Å²) in [7, 11) is 0. The molecule has 4 heteroatoms. The molecule has 0 saturated carbocycles. The van der Waals surface area contributed by atoms with Gasteiger partial charge < -0.3 is 0 Å². The number of hydrogen-bond acceptors (Lipinski definition) is 3. The molecule has 0 fully saturated rings. The average Bonchev–Trinajstić information content (AvgIpc) is 2.86. The number of nitrogens with zero attached hydrogens (tertiary/aromatic N) is 4. The van der Waals surface area contributed by atoms with Crippen molar-refractivity contribution in [2.45, 2.75) is 39.2 Å². The van der Waals surface area contributed by atoms with Crippen molar-refractivity contribution in [1.29, 1.82) is 5.26 Å². The molecule has 0 N–H and O–H groups in total. The highest BCUT2D eigenvalue weighted by Gasteiger charge is 2.11. The van der Waals surface area contributed by atoms with Crippen LogP contribution in [0.2, 0.25) is 0 Å². The van der Waals surface area contributed by atoms with Crippen molar-refractivity contribution in [2.75, 3.05) is 0 Å². The molecule has 19 heavy (non-hydrogen) atoms. The predicted octanol–water partition coefficient (Wildman–Crippen LogP) is 2.74. The Bertz CT molecular complexity index is 551. The summed E-state index contributed by atoms with van der Waals surface area (Å²) < 4.78 is 1.88. The van der Waals surface area contributed by atoms with Crippen LogP contribution in [0, 0.1) is 11.3 Å². The number of unbranched alkanes of at least 4 members (excludes halogenated alkanes) is 1. The summed E-state index contributed by atoms with van der Waals surface area (Å²) >= 11 is 0. The van der Waals surface area contributed by atoms with Crippen LogP contribution in [0.5, 0.6) is 0 Å². The molecule has 0 radical (unpaired) electrons. The zero-order valence-electron chi connectivity index (χ0n) is 11.2. The Morgan fingerprint density at radius 3 is 2.68 bits per heavy atom. The van der Waals surface area contributed by atoms with Crippen LogP contribution in [0.4, 0.5) is 0 Å². The van der Waals surface area contributed by atoms with Crippen LogP contribution in [-0.4, -0.2) is 15.0 Å². The monoisotopic (exact) mass is 254 g/mol. The van der Waals surface area contributed by atoms with Crippen LogP contribution in [-0.2, 0) is 19.4 Å². The van der Waals surface area contributed by atoms with Gasteiger partial charge in [-0.3, -0.25) is 0 Å². The molecule has 2 rings (SSSR count). The highest BCUT2D eigenvalue weighted by molar-refractivity contribution is 5.26. The molecule has 0 aliphatic rings. The van der Waals surface area contributed by atoms with E-state index >= 15 is 0 Å². The molecule has 0 aliphatic carbocycles. The number of nitriles is 1. The molecule has 0 atom stereocenters. The van der Waals surface area contributed by atoms with Crippen LogP contribution in [0.15, 0.2) is 30.3 Å². The van der Waals surface area contributed by atoms with E-state index in [4.69, 9.17) is 5.26 Å². The summed E-state index contributed by atoms with van der Waals surface area (Å²) in [6, 6.07) is 12.4. The third kappa shape index (κ3) is 3.41. The zero-order chi connectivity index (χ0) is 13.5. The van der Waals surface area contributed by atoms with Crippen LogP contribution >= 0.6 is 0 Å². The van der Waals surface area contributed by atoms with E-state index in [1.54, 1.807) is 0 Å². The third-order valence-electron chi connectivity index (χ3n) is 3.16. The van der Waals surface area contributed by atoms with Crippen molar-refractivity contribution >= 4 is 0 Å². The van der Waals surface area contributed by atoms with Crippen molar-refractivity contribution in [3.05, 3.63) is 47.3 Å². The molecular formula is C15H18N4. The quantitative estimate of drug-likeness (QED) is 0.796. The number of aromatic nitrogens is 3. The van der Waals surface area contributed by atoms with E-state index in [1.165, 1.54) is 5.56 Å². The first-order chi connectivity index (χ1) is 9.35. The van der Waals surface area contributed by atoms with Crippen LogP contribution in [0.25, 0.3) is 0 Å². The SMILES string of the molecule is CCCCn1nnc(C#N)c1CCc1ccccc1. The lowest BCUT2D eigenvalue weighted by atomic mass is 10.1. The molecule has 98 valence electrons. The molecule has 1 aromatic heterocycles. The lowest BCUT2D eigenvalue weighted by Gasteiger charge is -2.06. The largest absolute Gasteiger partial charge is 0.248 e. The van der Waals surface area contributed by atoms with Crippen LogP contribution in [0.1, 0.15) is 36.7 Å². The van der Waals surface area contributed by atoms with Gasteiger partial charge in [0.1, 0.15) is 6.07 Å². The second-order valence-electron chi connectivity index (χ2n) is 4.56. The van der Waals surface area contributed by atoms with Crippen molar-refractivity contribution in [2.24, 2.45) is 0 Å². The second kappa shape index (κ2) is 6.69. The summed E-state index contributed by atoms with van der Waals surface area (Å²) in [6.45, 7) is 2.99. The first-order valence-electron chi connectivity index (χ1n) is 6.71. The topological polar surface area (TPSA) is 54.5 Å². The standard InChI is InChI=1S/C15H18N4/c1-2-3-11-19-15(14(12-16)17-18-19)10-9-13-7-5-4-6-8-13/h4-8H,2-3,9-11H2,1H3. The van der Waals surface area contributed by atoms with E-state index in [0.717, 1.165) is 37.9 Å². The number of rotatable bonds is 6. The van der Waals surface area contributed by atoms with E-state index in [9.17, 15) is 0 Å². The fourth-order valence-electron chi connectivity index (χ4n) is 2.06. The molecule has 0 amide bonds. The minimum absolute atomic E-state index is 0.465. The fraction of sp³-hybridized carbons (Fsp3) is 0.400. The van der Waals surface area contributed by atoms with E-state index in [-0.39, 0.29) is 0 Å². The molecular weight excluding hydrogens is 236 g/mol. The maximum Gasteiger partial charge on any atom is 0.185 e. The van der Waals surface area contributed by atoms with Gasteiger partial charge in [-0.15, -0.1) is 5.10 Å². The Labute approximate surface area is 113 Å². The van der Waals surface area contributed by atoms with Gasteiger partial charge in [-0.25, -0.2) is 4.68 Å². The number of hydrogen-bond donors (Lipinski definition) is 0. The Hall–Kier alpha value is -2.15. The Balaban J connectivity index is 2.09. The molecule has 0 unspecified atom stereocenters. The van der Waals surface area contributed by atoms with Gasteiger partial charge in [0, 0.05) is 6.54 Å². The van der Waals surface area contributed by atoms with E-state index in [0.29, 0.717) is 5.69 Å². The summed E-state index contributed by atoms with van der Waals surface area (Å²) in [6.07, 6.45) is 3.89. The molecule has 0 saturated heterocycles. The highest BCUT2D eigenvalue weighted by atomic mass is 15.4. The Morgan fingerprint density at radius 2 is 2.00 bits per heavy atom. The molecule has 0 spiro atoms. The normalized spacial score (nSPS) is 10.3. The van der Waals surface area contributed by atoms with Gasteiger partial charge in [0.15, 0.2) is 5.69 Å². The molecule has 1 heterocycles. The highest BCUT2D eigenvalue weighted by Crippen LogP contribution is 2.11. The Kier molecular flexibility index (Phi) is 4.68. The number of aryl methyl sites for hydroxylation is 2. The van der Waals surface area contributed by atoms with Gasteiger partial charge >= 0.3 is 0 Å². The summed E-state index contributed by atoms with van der Waals surface area (Å²) in [5, 5.41) is 17.1.